The average Bonchev–Trinajstić information content (AvgIpc) is 3.04. The number of carbonyl (C=O) groups excluding carboxylic acids is 3. The minimum atomic E-state index is -5.08. The molecule has 0 aliphatic carbocycles. The topological polar surface area (TPSA) is 174 Å². The number of unbranched alkanes of at least 4 members (excludes halogenated alkanes) is 1. The number of hydrogen-bond donors (Lipinski definition) is 6. The molecule has 3 rings (SSSR count). The fraction of sp³-hybridized carbons (Fsp3) is 0.303. The average molecular weight is 659 g/mol. The van der Waals surface area contributed by atoms with Crippen molar-refractivity contribution in [1.29, 1.82) is 0 Å². The molecular formula is C33H37F3N4O7. The summed E-state index contributed by atoms with van der Waals surface area (Å²) < 4.78 is 31.7. The quantitative estimate of drug-likeness (QED) is 0.133. The summed E-state index contributed by atoms with van der Waals surface area (Å²) in [7, 11) is 0. The molecule has 0 bridgehead atoms. The largest absolute Gasteiger partial charge is 0.490 e. The zero-order valence-electron chi connectivity index (χ0n) is 25.5. The van der Waals surface area contributed by atoms with Gasteiger partial charge in [0.15, 0.2) is 0 Å². The van der Waals surface area contributed by atoms with Crippen LogP contribution in [0.5, 0.6) is 0 Å². The van der Waals surface area contributed by atoms with Crippen molar-refractivity contribution in [3.05, 3.63) is 96.1 Å². The summed E-state index contributed by atoms with van der Waals surface area (Å²) in [5.74, 6) is -4.57. The molecule has 6 N–H and O–H groups in total. The number of alkyl halides is 3. The van der Waals surface area contributed by atoms with Gasteiger partial charge in [-0.25, -0.2) is 9.59 Å². The maximum absolute atomic E-state index is 12.5. The molecule has 252 valence electrons. The summed E-state index contributed by atoms with van der Waals surface area (Å²) in [6, 6.07) is 25.6. The van der Waals surface area contributed by atoms with E-state index in [1.807, 2.05) is 79.7 Å². The van der Waals surface area contributed by atoms with Gasteiger partial charge in [-0.05, 0) is 42.0 Å². The molecule has 0 fully saturated rings. The molecule has 11 nitrogen and oxygen atoms in total. The summed E-state index contributed by atoms with van der Waals surface area (Å²) in [4.78, 5) is 57.0. The molecule has 14 heteroatoms. The van der Waals surface area contributed by atoms with Crippen LogP contribution in [0, 0.1) is 0 Å². The Morgan fingerprint density at radius 2 is 1.26 bits per heavy atom. The normalized spacial score (nSPS) is 11.9. The number of amides is 4. The van der Waals surface area contributed by atoms with Crippen LogP contribution in [0.25, 0.3) is 11.1 Å². The smallest absolute Gasteiger partial charge is 0.481 e. The first kappa shape index (κ1) is 37.8. The number of carboxylic acids is 2. The highest BCUT2D eigenvalue weighted by Crippen LogP contribution is 2.23. The number of benzene rings is 3. The second kappa shape index (κ2) is 19.2. The number of nitrogens with one attached hydrogen (secondary N) is 4. The van der Waals surface area contributed by atoms with Crippen LogP contribution >= 0.6 is 0 Å². The van der Waals surface area contributed by atoms with E-state index >= 15 is 0 Å². The van der Waals surface area contributed by atoms with Crippen LogP contribution < -0.4 is 21.3 Å². The first-order valence-electron chi connectivity index (χ1n) is 14.6. The molecule has 3 aromatic carbocycles. The number of aliphatic carboxylic acids is 2. The minimum absolute atomic E-state index is 0.123. The van der Waals surface area contributed by atoms with Gasteiger partial charge in [-0.3, -0.25) is 14.4 Å². The second-order valence-corrected chi connectivity index (χ2v) is 10.3. The number of halogens is 3. The second-order valence-electron chi connectivity index (χ2n) is 10.3. The van der Waals surface area contributed by atoms with Crippen molar-refractivity contribution in [2.24, 2.45) is 0 Å². The van der Waals surface area contributed by atoms with E-state index in [0.717, 1.165) is 16.7 Å². The van der Waals surface area contributed by atoms with E-state index in [0.29, 0.717) is 24.9 Å². The van der Waals surface area contributed by atoms with Gasteiger partial charge in [0, 0.05) is 13.0 Å². The highest BCUT2D eigenvalue weighted by atomic mass is 19.4. The summed E-state index contributed by atoms with van der Waals surface area (Å²) in [6.07, 6.45) is -4.02. The molecule has 0 aromatic heterocycles. The predicted octanol–water partition coefficient (Wildman–Crippen LogP) is 4.97. The Bertz CT molecular complexity index is 1450. The van der Waals surface area contributed by atoms with E-state index in [2.05, 4.69) is 21.3 Å². The fourth-order valence-corrected chi connectivity index (χ4v) is 4.16. The van der Waals surface area contributed by atoms with Gasteiger partial charge in [-0.15, -0.1) is 0 Å². The van der Waals surface area contributed by atoms with E-state index in [9.17, 15) is 37.5 Å². The highest BCUT2D eigenvalue weighted by molar-refractivity contribution is 5.85. The third-order valence-corrected chi connectivity index (χ3v) is 6.59. The van der Waals surface area contributed by atoms with Gasteiger partial charge in [0.25, 0.3) is 0 Å². The predicted molar refractivity (Wildman–Crippen MR) is 167 cm³/mol. The van der Waals surface area contributed by atoms with E-state index in [1.165, 1.54) is 0 Å². The Hall–Kier alpha value is -5.40. The third-order valence-electron chi connectivity index (χ3n) is 6.59. The molecule has 0 heterocycles. The Morgan fingerprint density at radius 3 is 1.81 bits per heavy atom. The molecule has 3 aromatic rings. The molecule has 0 aliphatic heterocycles. The van der Waals surface area contributed by atoms with Crippen LogP contribution in [-0.2, 0) is 19.2 Å². The first-order valence-corrected chi connectivity index (χ1v) is 14.6. The van der Waals surface area contributed by atoms with Crippen molar-refractivity contribution in [3.63, 3.8) is 0 Å². The van der Waals surface area contributed by atoms with Crippen molar-refractivity contribution in [2.75, 3.05) is 13.1 Å². The molecule has 0 aliphatic rings. The summed E-state index contributed by atoms with van der Waals surface area (Å²) in [5.41, 5.74) is 3.69. The minimum Gasteiger partial charge on any atom is -0.481 e. The van der Waals surface area contributed by atoms with Crippen LogP contribution in [0.3, 0.4) is 0 Å². The first-order chi connectivity index (χ1) is 22.3. The van der Waals surface area contributed by atoms with Crippen molar-refractivity contribution < 1.29 is 47.4 Å². The number of carboxylic acid groups (broad SMARTS) is 2. The van der Waals surface area contributed by atoms with E-state index in [-0.39, 0.29) is 37.4 Å². The van der Waals surface area contributed by atoms with E-state index in [4.69, 9.17) is 9.90 Å². The molecule has 0 radical (unpaired) electrons. The number of urea groups is 1. The zero-order chi connectivity index (χ0) is 34.8. The van der Waals surface area contributed by atoms with Crippen LogP contribution in [-0.4, -0.2) is 59.3 Å². The van der Waals surface area contributed by atoms with Gasteiger partial charge in [-0.1, -0.05) is 84.9 Å². The van der Waals surface area contributed by atoms with Crippen molar-refractivity contribution >= 4 is 29.8 Å². The lowest BCUT2D eigenvalue weighted by Gasteiger charge is -2.18. The highest BCUT2D eigenvalue weighted by Gasteiger charge is 2.38. The van der Waals surface area contributed by atoms with Crippen LogP contribution in [0.4, 0.5) is 18.0 Å². The molecule has 4 amide bonds. The van der Waals surface area contributed by atoms with Crippen LogP contribution in [0.15, 0.2) is 84.9 Å². The Balaban J connectivity index is 0.000000984. The zero-order valence-corrected chi connectivity index (χ0v) is 25.5. The number of carbonyl (C=O) groups is 5. The van der Waals surface area contributed by atoms with Gasteiger partial charge in [0.05, 0.1) is 25.0 Å². The maximum Gasteiger partial charge on any atom is 0.490 e. The lowest BCUT2D eigenvalue weighted by atomic mass is 9.99. The van der Waals surface area contributed by atoms with Gasteiger partial charge in [0.1, 0.15) is 0 Å². The molecule has 2 atom stereocenters. The Morgan fingerprint density at radius 1 is 0.702 bits per heavy atom. The van der Waals surface area contributed by atoms with Crippen LogP contribution in [0.2, 0.25) is 0 Å². The fourth-order valence-electron chi connectivity index (χ4n) is 4.16. The van der Waals surface area contributed by atoms with Gasteiger partial charge in [-0.2, -0.15) is 13.2 Å². The molecule has 0 spiro atoms. The number of rotatable bonds is 14. The summed E-state index contributed by atoms with van der Waals surface area (Å²) in [6.45, 7) is 2.07. The Kier molecular flexibility index (Phi) is 15.4. The molecule has 1 unspecified atom stereocenters. The van der Waals surface area contributed by atoms with Crippen molar-refractivity contribution in [3.8, 4) is 11.1 Å². The Labute approximate surface area is 269 Å². The lowest BCUT2D eigenvalue weighted by molar-refractivity contribution is -0.192. The standard InChI is InChI=1S/C31H36N4O5.C2HF3O2/c1-22(23-10-4-2-5-11-23)34-31(40)32-19-9-8-14-28(36)33-21-29(37)35-27(20-30(38)39)26-17-15-25(16-18-26)24-12-6-3-7-13-24;3-2(4,5)1(6)7/h2-7,10-13,15-18,22,27H,8-9,14,19-21H2,1H3,(H,33,36)(H,35,37)(H,38,39)(H2,32,34,40);(H,6,7)/t22-,27?;/m0./s1. The molecular weight excluding hydrogens is 621 g/mol. The monoisotopic (exact) mass is 658 g/mol. The maximum atomic E-state index is 12.5. The van der Waals surface area contributed by atoms with E-state index in [1.54, 1.807) is 12.1 Å². The third kappa shape index (κ3) is 15.0. The van der Waals surface area contributed by atoms with Gasteiger partial charge >= 0.3 is 24.1 Å². The van der Waals surface area contributed by atoms with Crippen molar-refractivity contribution in [2.45, 2.75) is 50.9 Å². The lowest BCUT2D eigenvalue weighted by Crippen LogP contribution is -2.39. The van der Waals surface area contributed by atoms with E-state index < -0.39 is 30.1 Å². The van der Waals surface area contributed by atoms with Gasteiger partial charge < -0.3 is 31.5 Å². The van der Waals surface area contributed by atoms with Crippen LogP contribution in [0.1, 0.15) is 55.8 Å². The summed E-state index contributed by atoms with van der Waals surface area (Å²) >= 11 is 0. The SMILES string of the molecule is C[C@H](NC(=O)NCCCCC(=O)NCC(=O)NC(CC(=O)O)c1ccc(-c2ccccc2)cc1)c1ccccc1.O=C(O)C(F)(F)F. The molecule has 47 heavy (non-hydrogen) atoms. The van der Waals surface area contributed by atoms with Gasteiger partial charge in [0.2, 0.25) is 11.8 Å². The molecule has 0 saturated carbocycles. The summed E-state index contributed by atoms with van der Waals surface area (Å²) in [5, 5.41) is 27.4. The molecule has 0 saturated heterocycles. The van der Waals surface area contributed by atoms with Crippen molar-refractivity contribution in [1.82, 2.24) is 21.3 Å². The number of hydrogen-bond acceptors (Lipinski definition) is 5.